The largest absolute Gasteiger partial charge is 0.481 e. The molecule has 0 spiro atoms. The van der Waals surface area contributed by atoms with Crippen LogP contribution in [-0.2, 0) is 19.1 Å². The van der Waals surface area contributed by atoms with Crippen LogP contribution < -0.4 is 5.73 Å². The highest BCUT2D eigenvalue weighted by Gasteiger charge is 2.49. The normalized spacial score (nSPS) is 36.5. The first-order valence-corrected chi connectivity index (χ1v) is 6.85. The van der Waals surface area contributed by atoms with E-state index >= 15 is 0 Å². The van der Waals surface area contributed by atoms with Crippen molar-refractivity contribution in [3.63, 3.8) is 0 Å². The van der Waals surface area contributed by atoms with Gasteiger partial charge in [0.25, 0.3) is 0 Å². The molecule has 4 unspecified atom stereocenters. The molecule has 0 aromatic heterocycles. The highest BCUT2D eigenvalue weighted by atomic mass is 16.5. The van der Waals surface area contributed by atoms with E-state index in [0.717, 1.165) is 0 Å². The van der Waals surface area contributed by atoms with Crippen molar-refractivity contribution in [2.75, 3.05) is 26.3 Å². The van der Waals surface area contributed by atoms with Crippen molar-refractivity contribution in [2.24, 2.45) is 23.0 Å². The van der Waals surface area contributed by atoms with Gasteiger partial charge in [0.05, 0.1) is 30.5 Å². The third-order valence-electron chi connectivity index (χ3n) is 4.54. The third kappa shape index (κ3) is 2.73. The average Bonchev–Trinajstić information content (AvgIpc) is 2.78. The number of rotatable bonds is 3. The van der Waals surface area contributed by atoms with Crippen molar-refractivity contribution in [3.05, 3.63) is 0 Å². The van der Waals surface area contributed by atoms with Crippen LogP contribution in [0.25, 0.3) is 0 Å². The van der Waals surface area contributed by atoms with Crippen LogP contribution in [0.15, 0.2) is 0 Å². The Bertz CT molecular complexity index is 468. The zero-order valence-corrected chi connectivity index (χ0v) is 11.8. The lowest BCUT2D eigenvalue weighted by Crippen LogP contribution is -2.56. The monoisotopic (exact) mass is 300 g/mol. The molecule has 21 heavy (non-hydrogen) atoms. The number of nitrogens with two attached hydrogens (primary N) is 1. The lowest BCUT2D eigenvalue weighted by atomic mass is 9.81. The van der Waals surface area contributed by atoms with Gasteiger partial charge in [0.15, 0.2) is 0 Å². The number of ether oxygens (including phenoxy) is 1. The van der Waals surface area contributed by atoms with Gasteiger partial charge in [-0.25, -0.2) is 0 Å². The maximum atomic E-state index is 12.6. The predicted molar refractivity (Wildman–Crippen MR) is 70.4 cm³/mol. The fourth-order valence-corrected chi connectivity index (χ4v) is 2.95. The number of nitrogens with zero attached hydrogens (tertiary/aromatic N) is 1. The molecule has 0 aromatic carbocycles. The summed E-state index contributed by atoms with van der Waals surface area (Å²) in [7, 11) is 0. The molecule has 8 nitrogen and oxygen atoms in total. The zero-order valence-electron chi connectivity index (χ0n) is 11.8. The molecule has 8 heteroatoms. The highest BCUT2D eigenvalue weighted by molar-refractivity contribution is 5.86. The van der Waals surface area contributed by atoms with E-state index in [9.17, 15) is 19.5 Å². The summed E-state index contributed by atoms with van der Waals surface area (Å²) in [6.07, 6.45) is 0.129. The molecular weight excluding hydrogens is 280 g/mol. The summed E-state index contributed by atoms with van der Waals surface area (Å²) >= 11 is 0. The first kappa shape index (κ1) is 15.7. The molecule has 4 atom stereocenters. The lowest BCUT2D eigenvalue weighted by molar-refractivity contribution is -0.161. The number of carbonyl (C=O) groups excluding carboxylic acids is 1. The number of carbonyl (C=O) groups is 3. The van der Waals surface area contributed by atoms with Gasteiger partial charge < -0.3 is 25.6 Å². The molecule has 2 rings (SSSR count). The quantitative estimate of drug-likeness (QED) is 0.608. The van der Waals surface area contributed by atoms with Crippen LogP contribution >= 0.6 is 0 Å². The van der Waals surface area contributed by atoms with Gasteiger partial charge in [-0.3, -0.25) is 14.4 Å². The van der Waals surface area contributed by atoms with Crippen LogP contribution in [0.5, 0.6) is 0 Å². The Kier molecular flexibility index (Phi) is 4.20. The number of hydrogen-bond donors (Lipinski definition) is 3. The SMILES string of the molecule is CC1(C(=O)N2CCC(C(=O)O)C(C(=O)O)C2)COCC1N. The molecule has 2 aliphatic heterocycles. The highest BCUT2D eigenvalue weighted by Crippen LogP contribution is 2.33. The molecule has 0 bridgehead atoms. The van der Waals surface area contributed by atoms with E-state index in [1.54, 1.807) is 6.92 Å². The molecule has 118 valence electrons. The second-order valence-electron chi connectivity index (χ2n) is 5.97. The topological polar surface area (TPSA) is 130 Å². The molecule has 1 amide bonds. The molecule has 2 aliphatic rings. The lowest BCUT2D eigenvalue weighted by Gasteiger charge is -2.39. The zero-order chi connectivity index (χ0) is 15.8. The maximum absolute atomic E-state index is 12.6. The van der Waals surface area contributed by atoms with E-state index in [0.29, 0.717) is 0 Å². The summed E-state index contributed by atoms with van der Waals surface area (Å²) in [6, 6.07) is -0.439. The van der Waals surface area contributed by atoms with Crippen molar-refractivity contribution >= 4 is 17.8 Å². The number of carboxylic acids is 2. The Balaban J connectivity index is 2.14. The van der Waals surface area contributed by atoms with E-state index in [-0.39, 0.29) is 38.6 Å². The first-order valence-electron chi connectivity index (χ1n) is 6.85. The number of hydrogen-bond acceptors (Lipinski definition) is 5. The molecule has 2 heterocycles. The maximum Gasteiger partial charge on any atom is 0.309 e. The fraction of sp³-hybridized carbons (Fsp3) is 0.769. The second-order valence-corrected chi connectivity index (χ2v) is 5.97. The Morgan fingerprint density at radius 2 is 1.86 bits per heavy atom. The summed E-state index contributed by atoms with van der Waals surface area (Å²) in [5, 5.41) is 18.3. The molecular formula is C13H20N2O6. The predicted octanol–water partition coefficient (Wildman–Crippen LogP) is -1.02. The summed E-state index contributed by atoms with van der Waals surface area (Å²) in [5.41, 5.74) is 5.03. The number of likely N-dealkylation sites (tertiary alicyclic amines) is 1. The van der Waals surface area contributed by atoms with Crippen LogP contribution in [-0.4, -0.2) is 65.3 Å². The van der Waals surface area contributed by atoms with Crippen molar-refractivity contribution in [3.8, 4) is 0 Å². The van der Waals surface area contributed by atoms with Crippen LogP contribution in [0.3, 0.4) is 0 Å². The number of carboxylic acid groups (broad SMARTS) is 2. The Morgan fingerprint density at radius 3 is 2.33 bits per heavy atom. The fourth-order valence-electron chi connectivity index (χ4n) is 2.95. The van der Waals surface area contributed by atoms with E-state index in [1.165, 1.54) is 4.90 Å². The van der Waals surface area contributed by atoms with Gasteiger partial charge in [-0.15, -0.1) is 0 Å². The van der Waals surface area contributed by atoms with Gasteiger partial charge in [0.1, 0.15) is 0 Å². The molecule has 0 saturated carbocycles. The van der Waals surface area contributed by atoms with Crippen LogP contribution in [0.4, 0.5) is 0 Å². The second kappa shape index (κ2) is 5.61. The molecule has 4 N–H and O–H groups in total. The minimum absolute atomic E-state index is 0.104. The molecule has 0 radical (unpaired) electrons. The van der Waals surface area contributed by atoms with Crippen LogP contribution in [0.2, 0.25) is 0 Å². The minimum atomic E-state index is -1.20. The number of piperidine rings is 1. The summed E-state index contributed by atoms with van der Waals surface area (Å²) < 4.78 is 5.24. The average molecular weight is 300 g/mol. The summed E-state index contributed by atoms with van der Waals surface area (Å²) in [6.45, 7) is 2.31. The van der Waals surface area contributed by atoms with E-state index in [1.807, 2.05) is 0 Å². The summed E-state index contributed by atoms with van der Waals surface area (Å²) in [4.78, 5) is 36.4. The minimum Gasteiger partial charge on any atom is -0.481 e. The standard InChI is InChI=1S/C13H20N2O6/c1-13(6-21-5-9(13)14)12(20)15-3-2-7(10(16)17)8(4-15)11(18)19/h7-9H,2-6,14H2,1H3,(H,16,17)(H,18,19). The Labute approximate surface area is 121 Å². The Morgan fingerprint density at radius 1 is 1.24 bits per heavy atom. The molecule has 2 fully saturated rings. The smallest absolute Gasteiger partial charge is 0.309 e. The van der Waals surface area contributed by atoms with Crippen molar-refractivity contribution < 1.29 is 29.3 Å². The van der Waals surface area contributed by atoms with E-state index in [4.69, 9.17) is 15.6 Å². The first-order chi connectivity index (χ1) is 9.77. The molecule has 0 aromatic rings. The van der Waals surface area contributed by atoms with Gasteiger partial charge in [-0.2, -0.15) is 0 Å². The summed E-state index contributed by atoms with van der Waals surface area (Å²) in [5.74, 6) is -4.66. The van der Waals surface area contributed by atoms with E-state index < -0.39 is 35.2 Å². The van der Waals surface area contributed by atoms with Crippen molar-refractivity contribution in [2.45, 2.75) is 19.4 Å². The van der Waals surface area contributed by atoms with Gasteiger partial charge in [0, 0.05) is 19.1 Å². The number of amides is 1. The van der Waals surface area contributed by atoms with E-state index in [2.05, 4.69) is 0 Å². The van der Waals surface area contributed by atoms with Crippen molar-refractivity contribution in [1.82, 2.24) is 4.90 Å². The van der Waals surface area contributed by atoms with Crippen LogP contribution in [0, 0.1) is 17.3 Å². The van der Waals surface area contributed by atoms with Crippen LogP contribution in [0.1, 0.15) is 13.3 Å². The van der Waals surface area contributed by atoms with Gasteiger partial charge in [-0.05, 0) is 13.3 Å². The van der Waals surface area contributed by atoms with Gasteiger partial charge >= 0.3 is 11.9 Å². The molecule has 2 saturated heterocycles. The number of aliphatic carboxylic acids is 2. The van der Waals surface area contributed by atoms with Crippen molar-refractivity contribution in [1.29, 1.82) is 0 Å². The molecule has 0 aliphatic carbocycles. The third-order valence-corrected chi connectivity index (χ3v) is 4.54. The Hall–Kier alpha value is -1.67. The van der Waals surface area contributed by atoms with Gasteiger partial charge in [0.2, 0.25) is 5.91 Å². The van der Waals surface area contributed by atoms with Gasteiger partial charge in [-0.1, -0.05) is 0 Å².